The number of hydrogen-bond acceptors (Lipinski definition) is 4. The summed E-state index contributed by atoms with van der Waals surface area (Å²) in [7, 11) is -3.51. The molecule has 1 amide bonds. The van der Waals surface area contributed by atoms with Gasteiger partial charge in [0, 0.05) is 13.1 Å². The van der Waals surface area contributed by atoms with Crippen molar-refractivity contribution in [3.8, 4) is 0 Å². The summed E-state index contributed by atoms with van der Waals surface area (Å²) in [6.45, 7) is 3.54. The number of nitrogens with zero attached hydrogens (tertiary/aromatic N) is 1. The second-order valence-electron chi connectivity index (χ2n) is 3.74. The van der Waals surface area contributed by atoms with E-state index in [-0.39, 0.29) is 13.1 Å². The number of hydrogen-bond donors (Lipinski definition) is 2. The van der Waals surface area contributed by atoms with Crippen LogP contribution in [-0.4, -0.2) is 43.5 Å². The van der Waals surface area contributed by atoms with Crippen LogP contribution in [0.15, 0.2) is 0 Å². The highest BCUT2D eigenvalue weighted by molar-refractivity contribution is 7.89. The van der Waals surface area contributed by atoms with Crippen molar-refractivity contribution >= 4 is 15.9 Å². The lowest BCUT2D eigenvalue weighted by atomic mass is 10.3. The smallest absolute Gasteiger partial charge is 0.232 e. The lowest BCUT2D eigenvalue weighted by Crippen LogP contribution is -2.45. The van der Waals surface area contributed by atoms with Crippen LogP contribution in [0.2, 0.25) is 0 Å². The van der Waals surface area contributed by atoms with E-state index in [0.29, 0.717) is 13.0 Å². The molecule has 0 bridgehead atoms. The van der Waals surface area contributed by atoms with Crippen LogP contribution in [0.4, 0.5) is 0 Å². The van der Waals surface area contributed by atoms with Crippen molar-refractivity contribution in [3.63, 3.8) is 0 Å². The predicted molar refractivity (Wildman–Crippen MR) is 63.1 cm³/mol. The molecule has 0 aromatic heterocycles. The highest BCUT2D eigenvalue weighted by Gasteiger charge is 2.28. The van der Waals surface area contributed by atoms with Gasteiger partial charge in [0.2, 0.25) is 15.9 Å². The SMILES string of the molecule is CCCCN(CC(N)=O)S(=O)(=O)C(C)CN. The molecule has 1 unspecified atom stereocenters. The molecule has 0 aromatic carbocycles. The number of nitrogens with two attached hydrogens (primary N) is 2. The molecule has 1 atom stereocenters. The van der Waals surface area contributed by atoms with Crippen LogP contribution >= 0.6 is 0 Å². The number of rotatable bonds is 8. The number of unbranched alkanes of at least 4 members (excludes halogenated alkanes) is 1. The molecule has 0 saturated carbocycles. The van der Waals surface area contributed by atoms with E-state index in [1.54, 1.807) is 0 Å². The van der Waals surface area contributed by atoms with Gasteiger partial charge < -0.3 is 11.5 Å². The summed E-state index contributed by atoms with van der Waals surface area (Å²) in [6.07, 6.45) is 1.55. The molecule has 16 heavy (non-hydrogen) atoms. The summed E-state index contributed by atoms with van der Waals surface area (Å²) in [5.74, 6) is -0.649. The standard InChI is InChI=1S/C9H21N3O3S/c1-3-4-5-12(7-9(11)13)16(14,15)8(2)6-10/h8H,3-7,10H2,1-2H3,(H2,11,13). The van der Waals surface area contributed by atoms with Gasteiger partial charge in [-0.25, -0.2) is 8.42 Å². The average Bonchev–Trinajstić information content (AvgIpc) is 2.22. The number of carbonyl (C=O) groups excluding carboxylic acids is 1. The normalized spacial score (nSPS) is 14.0. The van der Waals surface area contributed by atoms with Crippen LogP contribution in [0.5, 0.6) is 0 Å². The van der Waals surface area contributed by atoms with Gasteiger partial charge in [-0.2, -0.15) is 4.31 Å². The molecule has 0 aliphatic rings. The van der Waals surface area contributed by atoms with E-state index < -0.39 is 21.2 Å². The second-order valence-corrected chi connectivity index (χ2v) is 6.10. The summed E-state index contributed by atoms with van der Waals surface area (Å²) < 4.78 is 25.0. The van der Waals surface area contributed by atoms with Crippen LogP contribution in [0.25, 0.3) is 0 Å². The van der Waals surface area contributed by atoms with Crippen molar-refractivity contribution in [2.24, 2.45) is 11.5 Å². The molecule has 6 nitrogen and oxygen atoms in total. The maximum atomic E-state index is 11.9. The van der Waals surface area contributed by atoms with Crippen LogP contribution in [0.1, 0.15) is 26.7 Å². The Morgan fingerprint density at radius 2 is 2.00 bits per heavy atom. The molecule has 0 heterocycles. The summed E-state index contributed by atoms with van der Waals surface area (Å²) in [5, 5.41) is -0.691. The van der Waals surface area contributed by atoms with Gasteiger partial charge in [-0.15, -0.1) is 0 Å². The molecule has 0 spiro atoms. The number of primary amides is 1. The third kappa shape index (κ3) is 4.46. The summed E-state index contributed by atoms with van der Waals surface area (Å²) >= 11 is 0. The molecule has 0 aliphatic heterocycles. The maximum Gasteiger partial charge on any atom is 0.232 e. The second kappa shape index (κ2) is 6.82. The Kier molecular flexibility index (Phi) is 6.54. The van der Waals surface area contributed by atoms with Crippen molar-refractivity contribution in [2.75, 3.05) is 19.6 Å². The molecule has 0 fully saturated rings. The lowest BCUT2D eigenvalue weighted by Gasteiger charge is -2.23. The largest absolute Gasteiger partial charge is 0.369 e. The molecule has 0 radical (unpaired) electrons. The van der Waals surface area contributed by atoms with Gasteiger partial charge in [0.15, 0.2) is 0 Å². The molecule has 0 saturated heterocycles. The van der Waals surface area contributed by atoms with Gasteiger partial charge in [-0.1, -0.05) is 13.3 Å². The topological polar surface area (TPSA) is 106 Å². The zero-order valence-corrected chi connectivity index (χ0v) is 10.7. The van der Waals surface area contributed by atoms with Gasteiger partial charge in [0.05, 0.1) is 11.8 Å². The van der Waals surface area contributed by atoms with E-state index >= 15 is 0 Å². The first-order valence-electron chi connectivity index (χ1n) is 5.33. The van der Waals surface area contributed by atoms with E-state index in [1.807, 2.05) is 6.92 Å². The van der Waals surface area contributed by atoms with Crippen LogP contribution < -0.4 is 11.5 Å². The van der Waals surface area contributed by atoms with Crippen LogP contribution in [0.3, 0.4) is 0 Å². The van der Waals surface area contributed by atoms with Gasteiger partial charge in [0.1, 0.15) is 0 Å². The Hall–Kier alpha value is -0.660. The van der Waals surface area contributed by atoms with E-state index in [2.05, 4.69) is 0 Å². The maximum absolute atomic E-state index is 11.9. The van der Waals surface area contributed by atoms with E-state index in [9.17, 15) is 13.2 Å². The monoisotopic (exact) mass is 251 g/mol. The molecule has 4 N–H and O–H groups in total. The van der Waals surface area contributed by atoms with Crippen molar-refractivity contribution in [1.29, 1.82) is 0 Å². The van der Waals surface area contributed by atoms with Crippen LogP contribution in [-0.2, 0) is 14.8 Å². The zero-order valence-electron chi connectivity index (χ0n) is 9.85. The number of sulfonamides is 1. The summed E-state index contributed by atoms with van der Waals surface area (Å²) in [4.78, 5) is 10.8. The first-order valence-corrected chi connectivity index (χ1v) is 6.83. The highest BCUT2D eigenvalue weighted by Crippen LogP contribution is 2.09. The third-order valence-corrected chi connectivity index (χ3v) is 4.53. The molecule has 0 aromatic rings. The fourth-order valence-electron chi connectivity index (χ4n) is 1.18. The number of carbonyl (C=O) groups is 1. The fourth-order valence-corrected chi connectivity index (χ4v) is 2.62. The minimum Gasteiger partial charge on any atom is -0.369 e. The highest BCUT2D eigenvalue weighted by atomic mass is 32.2. The minimum absolute atomic E-state index is 0.0315. The Bertz CT molecular complexity index is 316. The first-order chi connectivity index (χ1) is 7.36. The predicted octanol–water partition coefficient (Wildman–Crippen LogP) is -0.749. The quantitative estimate of drug-likeness (QED) is 0.592. The average molecular weight is 251 g/mol. The summed E-state index contributed by atoms with van der Waals surface area (Å²) in [5.41, 5.74) is 10.4. The van der Waals surface area contributed by atoms with Crippen LogP contribution in [0, 0.1) is 0 Å². The minimum atomic E-state index is -3.51. The van der Waals surface area contributed by atoms with E-state index in [4.69, 9.17) is 11.5 Å². The van der Waals surface area contributed by atoms with Gasteiger partial charge in [0.25, 0.3) is 0 Å². The Balaban J connectivity index is 4.79. The van der Waals surface area contributed by atoms with Gasteiger partial charge >= 0.3 is 0 Å². The van der Waals surface area contributed by atoms with Crippen molar-refractivity contribution in [3.05, 3.63) is 0 Å². The van der Waals surface area contributed by atoms with Crippen molar-refractivity contribution < 1.29 is 13.2 Å². The van der Waals surface area contributed by atoms with Crippen molar-refractivity contribution in [1.82, 2.24) is 4.31 Å². The fraction of sp³-hybridized carbons (Fsp3) is 0.889. The molecular weight excluding hydrogens is 230 g/mol. The Labute approximate surface area is 97.0 Å². The third-order valence-electron chi connectivity index (χ3n) is 2.29. The first kappa shape index (κ1) is 15.3. The Morgan fingerprint density at radius 3 is 2.38 bits per heavy atom. The van der Waals surface area contributed by atoms with Gasteiger partial charge in [-0.3, -0.25) is 4.79 Å². The Morgan fingerprint density at radius 1 is 1.44 bits per heavy atom. The van der Waals surface area contributed by atoms with E-state index in [0.717, 1.165) is 10.7 Å². The molecular formula is C9H21N3O3S. The molecule has 0 rings (SSSR count). The van der Waals surface area contributed by atoms with Gasteiger partial charge in [-0.05, 0) is 13.3 Å². The number of amides is 1. The van der Waals surface area contributed by atoms with E-state index in [1.165, 1.54) is 6.92 Å². The molecule has 0 aliphatic carbocycles. The summed E-state index contributed by atoms with van der Waals surface area (Å²) in [6, 6.07) is 0. The lowest BCUT2D eigenvalue weighted by molar-refractivity contribution is -0.118. The van der Waals surface area contributed by atoms with Crippen molar-refractivity contribution in [2.45, 2.75) is 31.9 Å². The molecule has 7 heteroatoms. The molecule has 96 valence electrons. The zero-order chi connectivity index (χ0) is 12.8.